The van der Waals surface area contributed by atoms with Crippen molar-refractivity contribution in [3.05, 3.63) is 0 Å². The number of carbonyl (C=O) groups excluding carboxylic acids is 2. The summed E-state index contributed by atoms with van der Waals surface area (Å²) in [7, 11) is 0. The van der Waals surface area contributed by atoms with Gasteiger partial charge in [0.25, 0.3) is 0 Å². The number of ketones is 1. The van der Waals surface area contributed by atoms with E-state index in [0.29, 0.717) is 19.0 Å². The summed E-state index contributed by atoms with van der Waals surface area (Å²) >= 11 is 0. The number of hydrogen-bond acceptors (Lipinski definition) is 3. The summed E-state index contributed by atoms with van der Waals surface area (Å²) in [4.78, 5) is 26.4. The molecule has 3 rings (SSSR count). The molecule has 4 heteroatoms. The van der Waals surface area contributed by atoms with Gasteiger partial charge >= 0.3 is 0 Å². The molecule has 18 heavy (non-hydrogen) atoms. The molecule has 1 amide bonds. The van der Waals surface area contributed by atoms with Gasteiger partial charge in [-0.05, 0) is 25.7 Å². The standard InChI is InChI=1S/C14H21NO3/c16-13-10-2-1-3-11(13)9-12(8-10)14(17)15-4-6-18-7-5-15/h10-12H,1-9H2. The largest absolute Gasteiger partial charge is 0.378 e. The molecule has 2 atom stereocenters. The van der Waals surface area contributed by atoms with Gasteiger partial charge in [-0.1, -0.05) is 6.42 Å². The Kier molecular flexibility index (Phi) is 3.37. The third kappa shape index (κ3) is 2.18. The van der Waals surface area contributed by atoms with Gasteiger partial charge in [0.05, 0.1) is 13.2 Å². The highest BCUT2D eigenvalue weighted by molar-refractivity contribution is 5.88. The van der Waals surface area contributed by atoms with Crippen LogP contribution in [0, 0.1) is 17.8 Å². The average Bonchev–Trinajstić information content (AvgIpc) is 2.38. The summed E-state index contributed by atoms with van der Waals surface area (Å²) in [6.07, 6.45) is 4.76. The van der Waals surface area contributed by atoms with Gasteiger partial charge in [-0.3, -0.25) is 9.59 Å². The Hall–Kier alpha value is -0.900. The minimum atomic E-state index is 0.0936. The Balaban J connectivity index is 1.66. The lowest BCUT2D eigenvalue weighted by molar-refractivity contribution is -0.146. The molecular formula is C14H21NO3. The van der Waals surface area contributed by atoms with Gasteiger partial charge in [-0.15, -0.1) is 0 Å². The van der Waals surface area contributed by atoms with Crippen molar-refractivity contribution in [3.63, 3.8) is 0 Å². The Morgan fingerprint density at radius 3 is 2.33 bits per heavy atom. The van der Waals surface area contributed by atoms with Crippen molar-refractivity contribution < 1.29 is 14.3 Å². The number of hydrogen-bond donors (Lipinski definition) is 0. The van der Waals surface area contributed by atoms with E-state index >= 15 is 0 Å². The van der Waals surface area contributed by atoms with Crippen molar-refractivity contribution in [2.24, 2.45) is 17.8 Å². The van der Waals surface area contributed by atoms with E-state index < -0.39 is 0 Å². The Morgan fingerprint density at radius 1 is 1.11 bits per heavy atom. The molecule has 3 fully saturated rings. The molecule has 0 radical (unpaired) electrons. The normalized spacial score (nSPS) is 36.6. The predicted molar refractivity (Wildman–Crippen MR) is 66.0 cm³/mol. The van der Waals surface area contributed by atoms with Crippen LogP contribution in [0.25, 0.3) is 0 Å². The minimum absolute atomic E-state index is 0.0936. The Bertz CT molecular complexity index is 333. The van der Waals surface area contributed by atoms with Gasteiger partial charge in [-0.25, -0.2) is 0 Å². The van der Waals surface area contributed by atoms with Crippen LogP contribution >= 0.6 is 0 Å². The molecule has 100 valence electrons. The molecular weight excluding hydrogens is 230 g/mol. The lowest BCUT2D eigenvalue weighted by Crippen LogP contribution is -2.47. The van der Waals surface area contributed by atoms with Crippen molar-refractivity contribution in [1.82, 2.24) is 4.90 Å². The topological polar surface area (TPSA) is 46.6 Å². The molecule has 1 saturated heterocycles. The second kappa shape index (κ2) is 5.00. The molecule has 4 nitrogen and oxygen atoms in total. The Labute approximate surface area is 108 Å². The SMILES string of the molecule is O=C1C2CCCC1CC(C(=O)N1CCOCC1)C2. The number of Topliss-reactive ketones (excluding diaryl/α,β-unsaturated/α-hetero) is 1. The number of ether oxygens (including phenoxy) is 1. The van der Waals surface area contributed by atoms with E-state index in [-0.39, 0.29) is 23.7 Å². The first kappa shape index (κ1) is 12.2. The highest BCUT2D eigenvalue weighted by Gasteiger charge is 2.42. The van der Waals surface area contributed by atoms with Crippen LogP contribution in [-0.2, 0) is 14.3 Å². The number of fused-ring (bicyclic) bond motifs is 2. The minimum Gasteiger partial charge on any atom is -0.378 e. The van der Waals surface area contributed by atoms with E-state index in [2.05, 4.69) is 0 Å². The van der Waals surface area contributed by atoms with Gasteiger partial charge in [0, 0.05) is 30.8 Å². The third-order valence-electron chi connectivity index (χ3n) is 4.72. The van der Waals surface area contributed by atoms with Crippen LogP contribution in [0.1, 0.15) is 32.1 Å². The molecule has 2 saturated carbocycles. The monoisotopic (exact) mass is 251 g/mol. The third-order valence-corrected chi connectivity index (χ3v) is 4.72. The van der Waals surface area contributed by atoms with E-state index in [1.807, 2.05) is 4.90 Å². The molecule has 1 heterocycles. The first-order chi connectivity index (χ1) is 8.75. The first-order valence-corrected chi connectivity index (χ1v) is 7.16. The summed E-state index contributed by atoms with van der Waals surface area (Å²) in [6, 6.07) is 0. The van der Waals surface area contributed by atoms with Crippen molar-refractivity contribution >= 4 is 11.7 Å². The average molecular weight is 251 g/mol. The fourth-order valence-electron chi connectivity index (χ4n) is 3.72. The second-order valence-electron chi connectivity index (χ2n) is 5.83. The first-order valence-electron chi connectivity index (χ1n) is 7.16. The molecule has 2 unspecified atom stereocenters. The smallest absolute Gasteiger partial charge is 0.225 e. The maximum atomic E-state index is 12.5. The molecule has 2 aliphatic carbocycles. The summed E-state index contributed by atoms with van der Waals surface area (Å²) in [5.74, 6) is 1.14. The van der Waals surface area contributed by atoms with Gasteiger partial charge in [0.2, 0.25) is 5.91 Å². The van der Waals surface area contributed by atoms with Crippen LogP contribution in [0.15, 0.2) is 0 Å². The Morgan fingerprint density at radius 2 is 1.72 bits per heavy atom. The summed E-state index contributed by atoms with van der Waals surface area (Å²) in [6.45, 7) is 2.76. The maximum absolute atomic E-state index is 12.5. The zero-order chi connectivity index (χ0) is 12.5. The molecule has 0 aromatic carbocycles. The second-order valence-corrected chi connectivity index (χ2v) is 5.83. The van der Waals surface area contributed by atoms with E-state index in [9.17, 15) is 9.59 Å². The molecule has 0 aromatic heterocycles. The fourth-order valence-corrected chi connectivity index (χ4v) is 3.72. The van der Waals surface area contributed by atoms with Crippen molar-refractivity contribution in [3.8, 4) is 0 Å². The number of nitrogens with zero attached hydrogens (tertiary/aromatic N) is 1. The van der Waals surface area contributed by atoms with E-state index in [1.165, 1.54) is 6.42 Å². The summed E-state index contributed by atoms with van der Waals surface area (Å²) in [5.41, 5.74) is 0. The molecule has 3 aliphatic rings. The lowest BCUT2D eigenvalue weighted by atomic mass is 9.67. The number of carbonyl (C=O) groups is 2. The highest BCUT2D eigenvalue weighted by Crippen LogP contribution is 2.40. The van der Waals surface area contributed by atoms with Gasteiger partial charge in [0.15, 0.2) is 0 Å². The lowest BCUT2D eigenvalue weighted by Gasteiger charge is -2.39. The molecule has 0 N–H and O–H groups in total. The van der Waals surface area contributed by atoms with Gasteiger partial charge < -0.3 is 9.64 Å². The van der Waals surface area contributed by atoms with Crippen molar-refractivity contribution in [1.29, 1.82) is 0 Å². The van der Waals surface area contributed by atoms with Crippen LogP contribution in [-0.4, -0.2) is 42.9 Å². The predicted octanol–water partition coefficient (Wildman–Crippen LogP) is 1.24. The summed E-state index contributed by atoms with van der Waals surface area (Å²) in [5, 5.41) is 0. The number of amides is 1. The highest BCUT2D eigenvalue weighted by atomic mass is 16.5. The quantitative estimate of drug-likeness (QED) is 0.704. The van der Waals surface area contributed by atoms with Crippen LogP contribution < -0.4 is 0 Å². The van der Waals surface area contributed by atoms with E-state index in [4.69, 9.17) is 4.74 Å². The molecule has 0 spiro atoms. The van der Waals surface area contributed by atoms with Crippen molar-refractivity contribution in [2.75, 3.05) is 26.3 Å². The fraction of sp³-hybridized carbons (Fsp3) is 0.857. The summed E-state index contributed by atoms with van der Waals surface area (Å²) < 4.78 is 5.28. The molecule has 0 aromatic rings. The van der Waals surface area contributed by atoms with Crippen LogP contribution in [0.3, 0.4) is 0 Å². The van der Waals surface area contributed by atoms with Gasteiger partial charge in [0.1, 0.15) is 5.78 Å². The van der Waals surface area contributed by atoms with Crippen LogP contribution in [0.5, 0.6) is 0 Å². The zero-order valence-corrected chi connectivity index (χ0v) is 10.8. The van der Waals surface area contributed by atoms with Crippen LogP contribution in [0.4, 0.5) is 0 Å². The van der Waals surface area contributed by atoms with E-state index in [1.54, 1.807) is 0 Å². The van der Waals surface area contributed by atoms with Crippen molar-refractivity contribution in [2.45, 2.75) is 32.1 Å². The van der Waals surface area contributed by atoms with Crippen LogP contribution in [0.2, 0.25) is 0 Å². The number of rotatable bonds is 1. The maximum Gasteiger partial charge on any atom is 0.225 e. The molecule has 2 bridgehead atoms. The number of morpholine rings is 1. The van der Waals surface area contributed by atoms with Gasteiger partial charge in [-0.2, -0.15) is 0 Å². The van der Waals surface area contributed by atoms with E-state index in [0.717, 1.165) is 38.8 Å². The zero-order valence-electron chi connectivity index (χ0n) is 10.8. The molecule has 1 aliphatic heterocycles.